The minimum atomic E-state index is -2.01. The zero-order valence-corrected chi connectivity index (χ0v) is 38.8. The standard InChI is InChI=1S/C56H53N3O10/c1-65-29-30-68-55(64)58-44-26-21-36(20-19-35-13-7-4-8-14-35)31-43(44)56(54(58)63)47(52(61)57-28-27-40-32-45(66-2)46(67-3)33-41(40)34-57)49-53(62)69-50(38-17-11-6-12-18-38)48(37-15-9-5-10-16-37)59(49)51(56)39-22-24-42(60)25-23-39/h5-6,9-13,15-18,21-26,31-33,47-51,60H,4,7-8,14,27-30,34H2,1-3H3/t47-,48-,49-,50+,51+,56-/m0/s1. The Bertz CT molecular complexity index is 2890. The van der Waals surface area contributed by atoms with Crippen LogP contribution >= 0.6 is 0 Å². The molecule has 13 heteroatoms. The number of fused-ring (bicyclic) bond motifs is 4. The summed E-state index contributed by atoms with van der Waals surface area (Å²) in [6.45, 7) is 0.299. The minimum absolute atomic E-state index is 0.0232. The predicted octanol–water partition coefficient (Wildman–Crippen LogP) is 8.29. The van der Waals surface area contributed by atoms with Gasteiger partial charge >= 0.3 is 12.1 Å². The molecule has 0 saturated carbocycles. The fourth-order valence-electron chi connectivity index (χ4n) is 11.3. The van der Waals surface area contributed by atoms with Crippen LogP contribution in [0.15, 0.2) is 127 Å². The average Bonchev–Trinajstić information content (AvgIpc) is 3.84. The molecule has 1 aliphatic carbocycles. The number of hydrogen-bond donors (Lipinski definition) is 1. The number of benzene rings is 5. The number of methoxy groups -OCH3 is 3. The van der Waals surface area contributed by atoms with Crippen molar-refractivity contribution in [2.75, 3.05) is 46.0 Å². The Labute approximate surface area is 401 Å². The van der Waals surface area contributed by atoms with Crippen molar-refractivity contribution in [2.45, 2.75) is 68.3 Å². The summed E-state index contributed by atoms with van der Waals surface area (Å²) in [5.74, 6) is 4.33. The van der Waals surface area contributed by atoms with Gasteiger partial charge in [0.1, 0.15) is 29.9 Å². The van der Waals surface area contributed by atoms with Crippen LogP contribution in [0.5, 0.6) is 17.2 Å². The van der Waals surface area contributed by atoms with Crippen LogP contribution in [0, 0.1) is 17.8 Å². The van der Waals surface area contributed by atoms with Crippen molar-refractivity contribution >= 4 is 29.6 Å². The summed E-state index contributed by atoms with van der Waals surface area (Å²) in [6.07, 6.45) is 4.64. The first kappa shape index (κ1) is 45.4. The number of ether oxygens (including phenoxy) is 5. The van der Waals surface area contributed by atoms with E-state index in [0.717, 1.165) is 52.8 Å². The van der Waals surface area contributed by atoms with Crippen LogP contribution in [-0.4, -0.2) is 85.9 Å². The Balaban J connectivity index is 1.25. The lowest BCUT2D eigenvalue weighted by molar-refractivity contribution is -0.179. The molecule has 0 unspecified atom stereocenters. The van der Waals surface area contributed by atoms with Crippen LogP contribution in [0.4, 0.5) is 10.5 Å². The summed E-state index contributed by atoms with van der Waals surface area (Å²) >= 11 is 0. The lowest BCUT2D eigenvalue weighted by Crippen LogP contribution is -2.57. The Morgan fingerprint density at radius 1 is 0.768 bits per heavy atom. The fraction of sp³-hybridized carbons (Fsp3) is 0.321. The Morgan fingerprint density at radius 2 is 1.48 bits per heavy atom. The monoisotopic (exact) mass is 927 g/mol. The van der Waals surface area contributed by atoms with E-state index in [1.54, 1.807) is 49.5 Å². The zero-order chi connectivity index (χ0) is 47.8. The molecule has 3 amide bonds. The summed E-state index contributed by atoms with van der Waals surface area (Å²) in [7, 11) is 4.61. The topological polar surface area (TPSA) is 144 Å². The molecular formula is C56H53N3O10. The number of rotatable bonds is 9. The number of imide groups is 1. The van der Waals surface area contributed by atoms with Crippen LogP contribution < -0.4 is 14.4 Å². The highest BCUT2D eigenvalue weighted by Crippen LogP contribution is 2.66. The van der Waals surface area contributed by atoms with Gasteiger partial charge in [0.2, 0.25) is 11.8 Å². The molecule has 2 saturated heterocycles. The molecule has 10 rings (SSSR count). The lowest BCUT2D eigenvalue weighted by atomic mass is 9.64. The SMILES string of the molecule is COCCOC(=O)N1C(=O)[C@@]2(c3cc(C#CC4=CCCCC4)ccc31)[C@H](C(=O)N1CCc3cc(OC)c(OC)cc3C1)[C@H]1C(=O)O[C@H](c3ccccc3)[C@H](c3ccccc3)N1[C@@H]2c1ccc(O)cc1. The molecule has 6 atom stereocenters. The van der Waals surface area contributed by atoms with Gasteiger partial charge in [0.15, 0.2) is 11.5 Å². The molecule has 2 fully saturated rings. The highest BCUT2D eigenvalue weighted by molar-refractivity contribution is 6.23. The van der Waals surface area contributed by atoms with E-state index in [9.17, 15) is 9.90 Å². The molecule has 0 radical (unpaired) electrons. The van der Waals surface area contributed by atoms with Crippen LogP contribution in [0.25, 0.3) is 0 Å². The number of phenolic OH excluding ortho intramolecular Hbond substituents is 1. The number of hydrogen-bond acceptors (Lipinski definition) is 11. The number of nitrogens with zero attached hydrogens (tertiary/aromatic N) is 3. The van der Waals surface area contributed by atoms with Gasteiger partial charge in [-0.25, -0.2) is 9.69 Å². The van der Waals surface area contributed by atoms with Crippen molar-refractivity contribution < 1.29 is 48.0 Å². The molecule has 13 nitrogen and oxygen atoms in total. The number of phenols is 1. The van der Waals surface area contributed by atoms with Crippen LogP contribution in [-0.2, 0) is 47.0 Å². The molecule has 1 spiro atoms. The number of morpholine rings is 1. The molecular weight excluding hydrogens is 875 g/mol. The molecule has 69 heavy (non-hydrogen) atoms. The Hall–Kier alpha value is -7.40. The van der Waals surface area contributed by atoms with Crippen molar-refractivity contribution in [1.29, 1.82) is 0 Å². The van der Waals surface area contributed by atoms with Gasteiger partial charge in [0.25, 0.3) is 0 Å². The first-order chi connectivity index (χ1) is 33.7. The molecule has 0 aromatic heterocycles. The van der Waals surface area contributed by atoms with Crippen molar-refractivity contribution in [2.24, 2.45) is 5.92 Å². The third-order valence-corrected chi connectivity index (χ3v) is 14.3. The van der Waals surface area contributed by atoms with E-state index in [2.05, 4.69) is 17.9 Å². The Morgan fingerprint density at radius 3 is 2.16 bits per heavy atom. The highest BCUT2D eigenvalue weighted by atomic mass is 16.6. The number of carbonyl (C=O) groups excluding carboxylic acids is 4. The van der Waals surface area contributed by atoms with E-state index >= 15 is 14.4 Å². The van der Waals surface area contributed by atoms with Gasteiger partial charge in [-0.15, -0.1) is 0 Å². The maximum absolute atomic E-state index is 16.5. The summed E-state index contributed by atoms with van der Waals surface area (Å²) in [5.41, 5.74) is 3.90. The largest absolute Gasteiger partial charge is 0.508 e. The smallest absolute Gasteiger partial charge is 0.421 e. The maximum atomic E-state index is 16.5. The van der Waals surface area contributed by atoms with Crippen molar-refractivity contribution in [1.82, 2.24) is 9.80 Å². The van der Waals surface area contributed by atoms with Crippen molar-refractivity contribution in [3.63, 3.8) is 0 Å². The van der Waals surface area contributed by atoms with Crippen LogP contribution in [0.1, 0.15) is 82.8 Å². The number of aromatic hydroxyl groups is 1. The second-order valence-electron chi connectivity index (χ2n) is 18.0. The van der Waals surface area contributed by atoms with Gasteiger partial charge < -0.3 is 33.7 Å². The summed E-state index contributed by atoms with van der Waals surface area (Å²) in [4.78, 5) is 67.8. The van der Waals surface area contributed by atoms with E-state index < -0.39 is 59.4 Å². The van der Waals surface area contributed by atoms with Gasteiger partial charge in [0, 0.05) is 25.8 Å². The third kappa shape index (κ3) is 7.87. The molecule has 5 aromatic rings. The van der Waals surface area contributed by atoms with Gasteiger partial charge in [-0.05, 0) is 114 Å². The third-order valence-electron chi connectivity index (χ3n) is 14.3. The van der Waals surface area contributed by atoms with Gasteiger partial charge in [-0.3, -0.25) is 19.3 Å². The van der Waals surface area contributed by atoms with E-state index in [1.165, 1.54) is 19.2 Å². The molecule has 0 bridgehead atoms. The number of cyclic esters (lactones) is 1. The van der Waals surface area contributed by atoms with Crippen LogP contribution in [0.2, 0.25) is 0 Å². The number of esters is 1. The maximum Gasteiger partial charge on any atom is 0.421 e. The molecule has 1 N–H and O–H groups in total. The average molecular weight is 928 g/mol. The van der Waals surface area contributed by atoms with E-state index in [-0.39, 0.29) is 37.7 Å². The molecule has 4 heterocycles. The summed E-state index contributed by atoms with van der Waals surface area (Å²) in [5, 5.41) is 10.8. The zero-order valence-electron chi connectivity index (χ0n) is 38.8. The number of amides is 3. The summed E-state index contributed by atoms with van der Waals surface area (Å²) in [6, 6.07) is 31.3. The molecule has 5 aromatic carbocycles. The number of carbonyl (C=O) groups is 4. The van der Waals surface area contributed by atoms with Crippen molar-refractivity contribution in [3.8, 4) is 29.1 Å². The number of anilines is 1. The number of allylic oxidation sites excluding steroid dienone is 2. The second kappa shape index (κ2) is 18.9. The van der Waals surface area contributed by atoms with Crippen LogP contribution in [0.3, 0.4) is 0 Å². The van der Waals surface area contributed by atoms with E-state index in [0.29, 0.717) is 40.2 Å². The first-order valence-electron chi connectivity index (χ1n) is 23.4. The van der Waals surface area contributed by atoms with E-state index in [1.807, 2.05) is 77.7 Å². The lowest BCUT2D eigenvalue weighted by Gasteiger charge is -2.46. The summed E-state index contributed by atoms with van der Waals surface area (Å²) < 4.78 is 29.0. The first-order valence-corrected chi connectivity index (χ1v) is 23.4. The Kier molecular flexibility index (Phi) is 12.5. The van der Waals surface area contributed by atoms with Crippen molar-refractivity contribution in [3.05, 3.63) is 166 Å². The molecule has 352 valence electrons. The predicted molar refractivity (Wildman–Crippen MR) is 255 cm³/mol. The highest BCUT2D eigenvalue weighted by Gasteiger charge is 2.76. The van der Waals surface area contributed by atoms with Gasteiger partial charge in [-0.1, -0.05) is 90.7 Å². The normalized spacial score (nSPS) is 23.8. The minimum Gasteiger partial charge on any atom is -0.508 e. The molecule has 4 aliphatic heterocycles. The van der Waals surface area contributed by atoms with E-state index in [4.69, 9.17) is 23.7 Å². The second-order valence-corrected chi connectivity index (χ2v) is 18.0. The molecule has 5 aliphatic rings. The van der Waals surface area contributed by atoms with Gasteiger partial charge in [0.05, 0.1) is 44.5 Å². The quantitative estimate of drug-likeness (QED) is 0.0867. The van der Waals surface area contributed by atoms with Gasteiger partial charge in [-0.2, -0.15) is 0 Å². The fourth-order valence-corrected chi connectivity index (χ4v) is 11.3.